The number of carboxylic acid groups (broad SMARTS) is 1. The molecule has 0 amide bonds. The van der Waals surface area contributed by atoms with E-state index in [1.165, 1.54) is 0 Å². The molecular weight excluding hydrogens is 320 g/mol. The van der Waals surface area contributed by atoms with E-state index in [9.17, 15) is 4.79 Å². The molecule has 1 N–H and O–H groups in total. The van der Waals surface area contributed by atoms with Crippen LogP contribution in [0.1, 0.15) is 38.3 Å². The third kappa shape index (κ3) is 5.78. The van der Waals surface area contributed by atoms with Crippen molar-refractivity contribution in [2.75, 3.05) is 6.61 Å². The zero-order valence-corrected chi connectivity index (χ0v) is 14.0. The van der Waals surface area contributed by atoms with Crippen molar-refractivity contribution in [2.45, 2.75) is 34.1 Å². The van der Waals surface area contributed by atoms with Gasteiger partial charge in [-0.3, -0.25) is 0 Å². The fourth-order valence-electron chi connectivity index (χ4n) is 1.70. The van der Waals surface area contributed by atoms with Gasteiger partial charge in [-0.15, -0.1) is 0 Å². The summed E-state index contributed by atoms with van der Waals surface area (Å²) < 4.78 is 6.77. The second-order valence-electron chi connectivity index (χ2n) is 5.97. The zero-order chi connectivity index (χ0) is 15.3. The maximum Gasteiger partial charge on any atom is 0.328 e. The topological polar surface area (TPSA) is 46.5 Å². The molecule has 0 fully saturated rings. The number of aryl methyl sites for hydroxylation is 1. The Balaban J connectivity index is 2.95. The molecule has 0 aliphatic heterocycles. The number of halogens is 1. The minimum Gasteiger partial charge on any atom is -0.493 e. The van der Waals surface area contributed by atoms with Crippen molar-refractivity contribution in [3.05, 3.63) is 33.8 Å². The summed E-state index contributed by atoms with van der Waals surface area (Å²) in [6.07, 6.45) is 3.62. The van der Waals surface area contributed by atoms with Gasteiger partial charge in [-0.25, -0.2) is 4.79 Å². The lowest BCUT2D eigenvalue weighted by Gasteiger charge is -2.19. The van der Waals surface area contributed by atoms with E-state index in [1.54, 1.807) is 6.08 Å². The summed E-state index contributed by atoms with van der Waals surface area (Å²) in [6.45, 7) is 9.05. The number of ether oxygens (including phenoxy) is 1. The summed E-state index contributed by atoms with van der Waals surface area (Å²) in [5.41, 5.74) is 1.96. The molecule has 4 heteroatoms. The van der Waals surface area contributed by atoms with Crippen LogP contribution in [0.15, 0.2) is 22.7 Å². The lowest BCUT2D eigenvalue weighted by atomic mass is 9.93. The van der Waals surface area contributed by atoms with Crippen LogP contribution < -0.4 is 4.74 Å². The van der Waals surface area contributed by atoms with Gasteiger partial charge >= 0.3 is 5.97 Å². The molecule has 0 atom stereocenters. The Labute approximate surface area is 128 Å². The Morgan fingerprint density at radius 2 is 2.05 bits per heavy atom. The number of benzene rings is 1. The molecule has 0 bridgehead atoms. The van der Waals surface area contributed by atoms with Gasteiger partial charge in [0.1, 0.15) is 5.75 Å². The standard InChI is InChI=1S/C16H21BrO3/c1-11-9-13(17)10-12(5-6-14(18)19)15(11)20-8-7-16(2,3)4/h5-6,9-10H,7-8H2,1-4H3,(H,18,19)/b6-5+. The lowest BCUT2D eigenvalue weighted by molar-refractivity contribution is -0.131. The number of hydrogen-bond acceptors (Lipinski definition) is 2. The van der Waals surface area contributed by atoms with E-state index >= 15 is 0 Å². The summed E-state index contributed by atoms with van der Waals surface area (Å²) in [7, 11) is 0. The first-order valence-corrected chi connectivity index (χ1v) is 7.32. The Morgan fingerprint density at radius 1 is 1.40 bits per heavy atom. The Hall–Kier alpha value is -1.29. The molecule has 0 saturated heterocycles. The van der Waals surface area contributed by atoms with E-state index in [2.05, 4.69) is 36.7 Å². The second kappa shape index (κ2) is 6.93. The summed E-state index contributed by atoms with van der Waals surface area (Å²) >= 11 is 3.42. The average molecular weight is 341 g/mol. The van der Waals surface area contributed by atoms with Crippen molar-refractivity contribution in [1.29, 1.82) is 0 Å². The number of hydrogen-bond donors (Lipinski definition) is 1. The normalized spacial score (nSPS) is 11.8. The Bertz CT molecular complexity index is 513. The quantitative estimate of drug-likeness (QED) is 0.792. The number of carboxylic acids is 1. The highest BCUT2D eigenvalue weighted by atomic mass is 79.9. The zero-order valence-electron chi connectivity index (χ0n) is 12.4. The molecule has 1 aromatic carbocycles. The molecule has 0 aliphatic rings. The van der Waals surface area contributed by atoms with Gasteiger partial charge in [-0.2, -0.15) is 0 Å². The van der Waals surface area contributed by atoms with Crippen molar-refractivity contribution in [3.8, 4) is 5.75 Å². The lowest BCUT2D eigenvalue weighted by Crippen LogP contribution is -2.12. The molecule has 20 heavy (non-hydrogen) atoms. The van der Waals surface area contributed by atoms with Crippen LogP contribution in [0.3, 0.4) is 0 Å². The molecule has 0 heterocycles. The van der Waals surface area contributed by atoms with Crippen molar-refractivity contribution < 1.29 is 14.6 Å². The summed E-state index contributed by atoms with van der Waals surface area (Å²) in [5, 5.41) is 8.75. The maximum absolute atomic E-state index is 10.7. The Kier molecular flexibility index (Phi) is 5.81. The van der Waals surface area contributed by atoms with Crippen molar-refractivity contribution >= 4 is 28.0 Å². The molecule has 0 radical (unpaired) electrons. The third-order valence-corrected chi connectivity index (χ3v) is 3.23. The van der Waals surface area contributed by atoms with E-state index in [-0.39, 0.29) is 5.41 Å². The number of aliphatic carboxylic acids is 1. The van der Waals surface area contributed by atoms with Crippen LogP contribution in [-0.2, 0) is 4.79 Å². The third-order valence-electron chi connectivity index (χ3n) is 2.77. The van der Waals surface area contributed by atoms with Crippen LogP contribution in [0.2, 0.25) is 0 Å². The fourth-order valence-corrected chi connectivity index (χ4v) is 2.29. The highest BCUT2D eigenvalue weighted by Gasteiger charge is 2.12. The smallest absolute Gasteiger partial charge is 0.328 e. The van der Waals surface area contributed by atoms with Crippen molar-refractivity contribution in [3.63, 3.8) is 0 Å². The van der Waals surface area contributed by atoms with Gasteiger partial charge in [0.2, 0.25) is 0 Å². The highest BCUT2D eigenvalue weighted by molar-refractivity contribution is 9.10. The van der Waals surface area contributed by atoms with Crippen LogP contribution >= 0.6 is 15.9 Å². The van der Waals surface area contributed by atoms with Crippen LogP contribution in [0.25, 0.3) is 6.08 Å². The molecular formula is C16H21BrO3. The van der Waals surface area contributed by atoms with Gasteiger partial charge in [0, 0.05) is 16.1 Å². The summed E-state index contributed by atoms with van der Waals surface area (Å²) in [4.78, 5) is 10.7. The first-order chi connectivity index (χ1) is 9.19. The van der Waals surface area contributed by atoms with E-state index in [0.29, 0.717) is 6.61 Å². The second-order valence-corrected chi connectivity index (χ2v) is 6.89. The SMILES string of the molecule is Cc1cc(Br)cc(/C=C/C(=O)O)c1OCCC(C)(C)C. The van der Waals surface area contributed by atoms with E-state index in [1.807, 2.05) is 19.1 Å². The van der Waals surface area contributed by atoms with E-state index < -0.39 is 5.97 Å². The minimum atomic E-state index is -0.969. The van der Waals surface area contributed by atoms with Crippen LogP contribution in [0.5, 0.6) is 5.75 Å². The molecule has 0 unspecified atom stereocenters. The van der Waals surface area contributed by atoms with Gasteiger partial charge in [0.25, 0.3) is 0 Å². The predicted octanol–water partition coefficient (Wildman–Crippen LogP) is 4.67. The minimum absolute atomic E-state index is 0.209. The molecule has 0 spiro atoms. The largest absolute Gasteiger partial charge is 0.493 e. The number of carbonyl (C=O) groups is 1. The van der Waals surface area contributed by atoms with Gasteiger partial charge in [-0.1, -0.05) is 36.7 Å². The summed E-state index contributed by atoms with van der Waals surface area (Å²) in [6, 6.07) is 3.82. The van der Waals surface area contributed by atoms with E-state index in [4.69, 9.17) is 9.84 Å². The molecule has 1 aromatic rings. The average Bonchev–Trinajstić information content (AvgIpc) is 2.27. The molecule has 3 nitrogen and oxygen atoms in total. The molecule has 0 saturated carbocycles. The van der Waals surface area contributed by atoms with Gasteiger partial charge in [0.05, 0.1) is 6.61 Å². The Morgan fingerprint density at radius 3 is 2.60 bits per heavy atom. The summed E-state index contributed by atoms with van der Waals surface area (Å²) in [5.74, 6) is -0.224. The van der Waals surface area contributed by atoms with Crippen molar-refractivity contribution in [2.24, 2.45) is 5.41 Å². The van der Waals surface area contributed by atoms with Crippen LogP contribution in [0, 0.1) is 12.3 Å². The van der Waals surface area contributed by atoms with Gasteiger partial charge in [0.15, 0.2) is 0 Å². The first kappa shape index (κ1) is 16.8. The van der Waals surface area contributed by atoms with Crippen molar-refractivity contribution in [1.82, 2.24) is 0 Å². The van der Waals surface area contributed by atoms with E-state index in [0.717, 1.165) is 33.8 Å². The highest BCUT2D eigenvalue weighted by Crippen LogP contribution is 2.30. The molecule has 1 rings (SSSR count). The van der Waals surface area contributed by atoms with Crippen LogP contribution in [0.4, 0.5) is 0 Å². The van der Waals surface area contributed by atoms with Gasteiger partial charge in [-0.05, 0) is 42.5 Å². The molecule has 0 aromatic heterocycles. The monoisotopic (exact) mass is 340 g/mol. The molecule has 110 valence electrons. The first-order valence-electron chi connectivity index (χ1n) is 6.53. The molecule has 0 aliphatic carbocycles. The maximum atomic E-state index is 10.7. The fraction of sp³-hybridized carbons (Fsp3) is 0.438. The van der Waals surface area contributed by atoms with Gasteiger partial charge < -0.3 is 9.84 Å². The van der Waals surface area contributed by atoms with Crippen LogP contribution in [-0.4, -0.2) is 17.7 Å². The number of rotatable bonds is 5. The predicted molar refractivity (Wildman–Crippen MR) is 85.1 cm³/mol.